The molecular formula is C21H26N2O6S. The van der Waals surface area contributed by atoms with Gasteiger partial charge < -0.3 is 14.5 Å². The Morgan fingerprint density at radius 3 is 2.50 bits per heavy atom. The van der Waals surface area contributed by atoms with Crippen LogP contribution in [0.1, 0.15) is 41.6 Å². The van der Waals surface area contributed by atoms with Gasteiger partial charge in [-0.25, -0.2) is 13.2 Å². The summed E-state index contributed by atoms with van der Waals surface area (Å²) in [4.78, 5) is 23.9. The van der Waals surface area contributed by atoms with Gasteiger partial charge in [0.1, 0.15) is 11.5 Å². The molecule has 0 aliphatic rings. The van der Waals surface area contributed by atoms with Crippen LogP contribution >= 0.6 is 0 Å². The highest BCUT2D eigenvalue weighted by Crippen LogP contribution is 2.14. The number of nitrogens with one attached hydrogen (secondary N) is 1. The first-order valence-corrected chi connectivity index (χ1v) is 11.3. The lowest BCUT2D eigenvalue weighted by atomic mass is 10.2. The van der Waals surface area contributed by atoms with E-state index >= 15 is 0 Å². The lowest BCUT2D eigenvalue weighted by molar-refractivity contribution is -0.111. The number of carbonyl (C=O) groups excluding carboxylic acids is 2. The predicted octanol–water partition coefficient (Wildman–Crippen LogP) is 3.28. The molecule has 1 aromatic heterocycles. The second-order valence-electron chi connectivity index (χ2n) is 6.71. The third-order valence-corrected chi connectivity index (χ3v) is 5.41. The second kappa shape index (κ2) is 10.7. The topological polar surface area (TPSA) is 106 Å². The molecule has 0 aliphatic heterocycles. The molecule has 0 radical (unpaired) electrons. The summed E-state index contributed by atoms with van der Waals surface area (Å²) in [6.45, 7) is 2.51. The molecule has 2 rings (SSSR count). The van der Waals surface area contributed by atoms with Crippen LogP contribution in [0.3, 0.4) is 0 Å². The monoisotopic (exact) mass is 434 g/mol. The van der Waals surface area contributed by atoms with Crippen molar-refractivity contribution in [2.24, 2.45) is 0 Å². The van der Waals surface area contributed by atoms with Gasteiger partial charge in [0.2, 0.25) is 15.9 Å². The van der Waals surface area contributed by atoms with Gasteiger partial charge in [0, 0.05) is 18.8 Å². The van der Waals surface area contributed by atoms with Crippen molar-refractivity contribution >= 4 is 33.7 Å². The van der Waals surface area contributed by atoms with Gasteiger partial charge in [0.05, 0.1) is 25.0 Å². The van der Waals surface area contributed by atoms with Crippen LogP contribution in [-0.2, 0) is 26.1 Å². The van der Waals surface area contributed by atoms with Gasteiger partial charge >= 0.3 is 5.97 Å². The van der Waals surface area contributed by atoms with Gasteiger partial charge in [-0.2, -0.15) is 4.31 Å². The lowest BCUT2D eigenvalue weighted by Crippen LogP contribution is -2.24. The van der Waals surface area contributed by atoms with Crippen LogP contribution in [0.25, 0.3) is 6.08 Å². The van der Waals surface area contributed by atoms with Crippen LogP contribution in [-0.4, -0.2) is 44.5 Å². The number of hydrogen-bond acceptors (Lipinski definition) is 6. The molecule has 0 aliphatic carbocycles. The fourth-order valence-electron chi connectivity index (χ4n) is 2.33. The maximum Gasteiger partial charge on any atom is 0.338 e. The van der Waals surface area contributed by atoms with E-state index in [0.717, 1.165) is 23.4 Å². The van der Waals surface area contributed by atoms with Gasteiger partial charge in [0.15, 0.2) is 0 Å². The third kappa shape index (κ3) is 7.49. The minimum Gasteiger partial charge on any atom is -0.462 e. The number of rotatable bonds is 10. The Hall–Kier alpha value is -2.91. The van der Waals surface area contributed by atoms with Gasteiger partial charge in [-0.1, -0.05) is 13.3 Å². The summed E-state index contributed by atoms with van der Waals surface area (Å²) in [5.74, 6) is 0.118. The van der Waals surface area contributed by atoms with E-state index in [4.69, 9.17) is 9.15 Å². The van der Waals surface area contributed by atoms with Crippen LogP contribution in [0, 0.1) is 0 Å². The van der Waals surface area contributed by atoms with E-state index in [1.165, 1.54) is 19.2 Å². The van der Waals surface area contributed by atoms with E-state index in [2.05, 4.69) is 5.32 Å². The molecule has 1 N–H and O–H groups in total. The van der Waals surface area contributed by atoms with Crippen LogP contribution in [0.2, 0.25) is 0 Å². The maximum absolute atomic E-state index is 12.1. The van der Waals surface area contributed by atoms with Crippen molar-refractivity contribution in [3.05, 3.63) is 59.6 Å². The lowest BCUT2D eigenvalue weighted by Gasteiger charge is -2.11. The zero-order valence-electron chi connectivity index (χ0n) is 17.3. The predicted molar refractivity (Wildman–Crippen MR) is 114 cm³/mol. The minimum absolute atomic E-state index is 0.103. The van der Waals surface area contributed by atoms with E-state index in [1.807, 2.05) is 6.92 Å². The van der Waals surface area contributed by atoms with Gasteiger partial charge in [-0.3, -0.25) is 4.79 Å². The summed E-state index contributed by atoms with van der Waals surface area (Å²) >= 11 is 0. The number of benzene rings is 1. The highest BCUT2D eigenvalue weighted by molar-refractivity contribution is 7.88. The summed E-state index contributed by atoms with van der Waals surface area (Å²) in [6.07, 6.45) is 5.66. The first-order chi connectivity index (χ1) is 14.2. The van der Waals surface area contributed by atoms with Crippen LogP contribution < -0.4 is 5.32 Å². The molecule has 0 spiro atoms. The first-order valence-electron chi connectivity index (χ1n) is 9.45. The molecule has 0 unspecified atom stereocenters. The summed E-state index contributed by atoms with van der Waals surface area (Å²) in [5, 5.41) is 2.68. The number of esters is 1. The summed E-state index contributed by atoms with van der Waals surface area (Å²) in [5.41, 5.74) is 0.950. The Balaban J connectivity index is 1.88. The minimum atomic E-state index is -3.30. The van der Waals surface area contributed by atoms with E-state index in [1.54, 1.807) is 36.4 Å². The molecule has 0 atom stereocenters. The Labute approximate surface area is 176 Å². The van der Waals surface area contributed by atoms with Gasteiger partial charge in [0.25, 0.3) is 0 Å². The van der Waals surface area contributed by atoms with Gasteiger partial charge in [-0.05, 0) is 48.9 Å². The average molecular weight is 435 g/mol. The number of ether oxygens (including phenoxy) is 1. The van der Waals surface area contributed by atoms with Crippen LogP contribution in [0.4, 0.5) is 5.69 Å². The fourth-order valence-corrected chi connectivity index (χ4v) is 2.69. The molecule has 30 heavy (non-hydrogen) atoms. The number of amides is 1. The maximum atomic E-state index is 12.1. The number of hydrogen-bond donors (Lipinski definition) is 1. The Morgan fingerprint density at radius 1 is 1.17 bits per heavy atom. The SMILES string of the molecule is CCCCOC(=O)c1ccc(NC(=O)/C=C/c2ccc(CN(C)S(C)(=O)=O)o2)cc1. The Morgan fingerprint density at radius 2 is 1.87 bits per heavy atom. The number of nitrogens with zero attached hydrogens (tertiary/aromatic N) is 1. The molecular weight excluding hydrogens is 408 g/mol. The van der Waals surface area contributed by atoms with Crippen molar-refractivity contribution in [2.75, 3.05) is 25.2 Å². The van der Waals surface area contributed by atoms with E-state index in [0.29, 0.717) is 29.4 Å². The molecule has 0 saturated heterocycles. The Bertz CT molecular complexity index is 993. The molecule has 162 valence electrons. The summed E-state index contributed by atoms with van der Waals surface area (Å²) < 4.78 is 34.7. The summed E-state index contributed by atoms with van der Waals surface area (Å²) in [7, 11) is -1.85. The van der Waals surface area contributed by atoms with Crippen molar-refractivity contribution in [1.29, 1.82) is 0 Å². The number of furan rings is 1. The van der Waals surface area contributed by atoms with Crippen molar-refractivity contribution < 1.29 is 27.2 Å². The van der Waals surface area contributed by atoms with Crippen LogP contribution in [0.15, 0.2) is 46.9 Å². The molecule has 8 nitrogen and oxygen atoms in total. The highest BCUT2D eigenvalue weighted by atomic mass is 32.2. The van der Waals surface area contributed by atoms with Gasteiger partial charge in [-0.15, -0.1) is 0 Å². The largest absolute Gasteiger partial charge is 0.462 e. The molecule has 1 amide bonds. The van der Waals surface area contributed by atoms with Crippen molar-refractivity contribution in [1.82, 2.24) is 4.31 Å². The fraction of sp³-hybridized carbons (Fsp3) is 0.333. The van der Waals surface area contributed by atoms with Crippen molar-refractivity contribution in [3.8, 4) is 0 Å². The normalized spacial score (nSPS) is 11.7. The van der Waals surface area contributed by atoms with E-state index in [9.17, 15) is 18.0 Å². The van der Waals surface area contributed by atoms with Crippen molar-refractivity contribution in [3.63, 3.8) is 0 Å². The highest BCUT2D eigenvalue weighted by Gasteiger charge is 2.13. The molecule has 0 fully saturated rings. The second-order valence-corrected chi connectivity index (χ2v) is 8.80. The standard InChI is InChI=1S/C21H26N2O6S/c1-4-5-14-28-21(25)16-6-8-17(9-7-16)22-20(24)13-12-18-10-11-19(29-18)15-23(2)30(3,26)27/h6-13H,4-5,14-15H2,1-3H3,(H,22,24)/b13-12+. The zero-order chi connectivity index (χ0) is 22.1. The molecule has 0 saturated carbocycles. The molecule has 0 bridgehead atoms. The molecule has 2 aromatic rings. The van der Waals surface area contributed by atoms with E-state index in [-0.39, 0.29) is 12.5 Å². The number of carbonyl (C=O) groups is 2. The molecule has 9 heteroatoms. The number of unbranched alkanes of at least 4 members (excludes halogenated alkanes) is 1. The van der Waals surface area contributed by atoms with E-state index < -0.39 is 16.0 Å². The zero-order valence-corrected chi connectivity index (χ0v) is 18.1. The quantitative estimate of drug-likeness (QED) is 0.349. The number of sulfonamides is 1. The third-order valence-electron chi connectivity index (χ3n) is 4.15. The van der Waals surface area contributed by atoms with Crippen LogP contribution in [0.5, 0.6) is 0 Å². The average Bonchev–Trinajstić information content (AvgIpc) is 3.14. The smallest absolute Gasteiger partial charge is 0.338 e. The molecule has 1 heterocycles. The molecule has 1 aromatic carbocycles. The Kier molecular flexibility index (Phi) is 8.37. The van der Waals surface area contributed by atoms with Crippen molar-refractivity contribution in [2.45, 2.75) is 26.3 Å². The number of anilines is 1. The first kappa shape index (κ1) is 23.4. The summed E-state index contributed by atoms with van der Waals surface area (Å²) in [6, 6.07) is 9.71.